The van der Waals surface area contributed by atoms with E-state index in [2.05, 4.69) is 0 Å². The molecule has 0 heterocycles. The van der Waals surface area contributed by atoms with Crippen LogP contribution in [0.25, 0.3) is 0 Å². The van der Waals surface area contributed by atoms with Gasteiger partial charge in [-0.1, -0.05) is 6.92 Å². The van der Waals surface area contributed by atoms with Crippen molar-refractivity contribution in [2.75, 3.05) is 0 Å². The van der Waals surface area contributed by atoms with Crippen LogP contribution in [0.5, 0.6) is 0 Å². The highest BCUT2D eigenvalue weighted by atomic mass is 32.2. The topological polar surface area (TPSA) is 144 Å². The van der Waals surface area contributed by atoms with Crippen molar-refractivity contribution >= 4 is 31.5 Å². The van der Waals surface area contributed by atoms with E-state index < -0.39 is 52.7 Å². The molecule has 0 aromatic heterocycles. The summed E-state index contributed by atoms with van der Waals surface area (Å²) < 4.78 is 101. The summed E-state index contributed by atoms with van der Waals surface area (Å²) in [7, 11) is -13.3. The van der Waals surface area contributed by atoms with Crippen LogP contribution in [0.15, 0.2) is 15.1 Å². The molecule has 0 bridgehead atoms. The number of ketones is 1. The summed E-state index contributed by atoms with van der Waals surface area (Å²) >= 11 is 0. The highest BCUT2D eigenvalue weighted by Gasteiger charge is 2.74. The van der Waals surface area contributed by atoms with Gasteiger partial charge in [0.25, 0.3) is 9.84 Å². The van der Waals surface area contributed by atoms with E-state index in [-0.39, 0.29) is 0 Å². The molecule has 0 amide bonds. The zero-order chi connectivity index (χ0) is 19.0. The molecule has 134 valence electrons. The Hall–Kier alpha value is -1.70. The van der Waals surface area contributed by atoms with E-state index in [1.165, 1.54) is 0 Å². The van der Waals surface area contributed by atoms with Gasteiger partial charge in [0, 0.05) is 0 Å². The van der Waals surface area contributed by atoms with Gasteiger partial charge in [-0.15, -0.1) is 5.76 Å². The van der Waals surface area contributed by atoms with Gasteiger partial charge in [0.2, 0.25) is 0 Å². The zero-order valence-corrected chi connectivity index (χ0v) is 13.3. The molecule has 0 aromatic carbocycles. The summed E-state index contributed by atoms with van der Waals surface area (Å²) in [5.74, 6) is -5.41. The molecule has 23 heavy (non-hydrogen) atoms. The molecule has 14 heteroatoms. The third-order valence-corrected chi connectivity index (χ3v) is 5.73. The lowest BCUT2D eigenvalue weighted by Gasteiger charge is -2.26. The maximum atomic E-state index is 13.7. The normalized spacial score (nSPS) is 16.0. The average Bonchev–Trinajstić information content (AvgIpc) is 2.24. The molecule has 8 nitrogen and oxygen atoms in total. The Bertz CT molecular complexity index is 773. The zero-order valence-electron chi connectivity index (χ0n) is 11.6. The van der Waals surface area contributed by atoms with Gasteiger partial charge in [0.05, 0.1) is 0 Å². The fourth-order valence-electron chi connectivity index (χ4n) is 1.29. The number of alkyl halides is 4. The van der Waals surface area contributed by atoms with Crippen LogP contribution >= 0.6 is 0 Å². The number of hydrogen-bond donors (Lipinski definition) is 0. The molecule has 0 radical (unpaired) electrons. The fraction of sp³-hybridized carbons (Fsp3) is 0.556. The summed E-state index contributed by atoms with van der Waals surface area (Å²) in [5, 5.41) is 8.61. The third kappa shape index (κ3) is 3.46. The van der Waals surface area contributed by atoms with Crippen molar-refractivity contribution in [2.24, 2.45) is 4.40 Å². The second kappa shape index (κ2) is 6.07. The average molecular weight is 383 g/mol. The van der Waals surface area contributed by atoms with E-state index >= 15 is 0 Å². The minimum Gasteiger partial charge on any atom is -0.875 e. The number of nitrogens with zero attached hydrogens (tertiary/aromatic N) is 1. The molecule has 0 N–H and O–H groups in total. The summed E-state index contributed by atoms with van der Waals surface area (Å²) in [6, 6.07) is 0. The van der Waals surface area contributed by atoms with Crippen LogP contribution in [0.1, 0.15) is 20.8 Å². The third-order valence-electron chi connectivity index (χ3n) is 2.16. The molecule has 0 aliphatic rings. The van der Waals surface area contributed by atoms with Crippen LogP contribution < -0.4 is 10.2 Å². The summed E-state index contributed by atoms with van der Waals surface area (Å²) in [5.41, 5.74) is 0. The van der Waals surface area contributed by atoms with E-state index in [1.54, 1.807) is 4.40 Å². The van der Waals surface area contributed by atoms with E-state index in [0.29, 0.717) is 20.8 Å². The predicted octanol–water partition coefficient (Wildman–Crippen LogP) is -1.12. The smallest absolute Gasteiger partial charge is 0.443 e. The quantitative estimate of drug-likeness (QED) is 0.186. The van der Waals surface area contributed by atoms with Crippen molar-refractivity contribution in [1.82, 2.24) is 0 Å². The van der Waals surface area contributed by atoms with Crippen LogP contribution in [0.3, 0.4) is 0 Å². The van der Waals surface area contributed by atoms with Gasteiger partial charge in [-0.2, -0.15) is 30.4 Å². The molecule has 0 aromatic rings. The highest BCUT2D eigenvalue weighted by molar-refractivity contribution is 7.99. The van der Waals surface area contributed by atoms with Crippen molar-refractivity contribution < 1.29 is 49.4 Å². The van der Waals surface area contributed by atoms with Crippen LogP contribution in [0.2, 0.25) is 0 Å². The summed E-state index contributed by atoms with van der Waals surface area (Å²) in [6.07, 6.45) is 0. The SMILES string of the molecule is CC(=O)/C(=C(\C)[O-])S(=O)(=O)C(F)(F)C(F)(F)S(=O)(=O)N=C(C)[O-]. The second-order valence-corrected chi connectivity index (χ2v) is 7.64. The Balaban J connectivity index is 6.67. The molecule has 0 rings (SSSR count). The van der Waals surface area contributed by atoms with E-state index in [9.17, 15) is 49.4 Å². The Morgan fingerprint density at radius 2 is 1.30 bits per heavy atom. The van der Waals surface area contributed by atoms with Gasteiger partial charge in [-0.3, -0.25) is 4.79 Å². The highest BCUT2D eigenvalue weighted by Crippen LogP contribution is 2.46. The summed E-state index contributed by atoms with van der Waals surface area (Å²) in [4.78, 5) is 8.78. The van der Waals surface area contributed by atoms with Gasteiger partial charge < -0.3 is 10.2 Å². The van der Waals surface area contributed by atoms with Crippen LogP contribution in [-0.2, 0) is 24.7 Å². The Morgan fingerprint density at radius 1 is 0.913 bits per heavy atom. The first kappa shape index (κ1) is 21.3. The number of allylic oxidation sites excluding steroid dienone is 2. The largest absolute Gasteiger partial charge is 0.875 e. The molecule has 0 spiro atoms. The molecule has 0 saturated carbocycles. The van der Waals surface area contributed by atoms with Gasteiger partial charge in [0.1, 0.15) is 4.91 Å². The lowest BCUT2D eigenvalue weighted by molar-refractivity contribution is -0.302. The van der Waals surface area contributed by atoms with Crippen LogP contribution in [0, 0.1) is 0 Å². The van der Waals surface area contributed by atoms with E-state index in [0.717, 1.165) is 0 Å². The second-order valence-electron chi connectivity index (χ2n) is 4.06. The number of carbonyl (C=O) groups is 1. The molecule has 0 aliphatic heterocycles. The first-order valence-electron chi connectivity index (χ1n) is 5.30. The lowest BCUT2D eigenvalue weighted by atomic mass is 10.4. The fourth-order valence-corrected chi connectivity index (χ4v) is 4.01. The Morgan fingerprint density at radius 3 is 1.57 bits per heavy atom. The molecule has 0 aliphatic carbocycles. The minimum absolute atomic E-state index is 0.330. The number of sulfonamides is 1. The van der Waals surface area contributed by atoms with Crippen molar-refractivity contribution in [2.45, 2.75) is 31.3 Å². The summed E-state index contributed by atoms with van der Waals surface area (Å²) in [6.45, 7) is 0.997. The van der Waals surface area contributed by atoms with Crippen molar-refractivity contribution in [3.05, 3.63) is 10.7 Å². The van der Waals surface area contributed by atoms with Crippen LogP contribution in [-0.4, -0.2) is 39.0 Å². The molecule has 0 fully saturated rings. The lowest BCUT2D eigenvalue weighted by Crippen LogP contribution is -2.52. The number of carbonyl (C=O) groups excluding carboxylic acids is 1. The van der Waals surface area contributed by atoms with Gasteiger partial charge in [-0.05, 0) is 19.7 Å². The molecular formula is C9H9F4NO7S2-2. The number of halogens is 4. The number of Topliss-reactive ketones (excluding diaryl/α,β-unsaturated/α-hetero) is 1. The first-order chi connectivity index (χ1) is 9.93. The standard InChI is InChI=1S/C9H11F4NO7S2/c1-4(15)7(5(2)16)22(18,19)8(10,11)9(12,13)23(20,21)14-6(3)17/h15H,1-3H3,(H,14,17)/p-2/b7-4-. The Kier molecular flexibility index (Phi) is 5.62. The monoisotopic (exact) mass is 383 g/mol. The number of hydrogen-bond acceptors (Lipinski definition) is 7. The van der Waals surface area contributed by atoms with Crippen molar-refractivity contribution in [3.8, 4) is 0 Å². The van der Waals surface area contributed by atoms with E-state index in [4.69, 9.17) is 0 Å². The molecule has 0 atom stereocenters. The minimum atomic E-state index is -6.69. The predicted molar refractivity (Wildman–Crippen MR) is 64.2 cm³/mol. The maximum absolute atomic E-state index is 13.7. The van der Waals surface area contributed by atoms with E-state index in [1.807, 2.05) is 0 Å². The number of rotatable bonds is 6. The van der Waals surface area contributed by atoms with Gasteiger partial charge in [-0.25, -0.2) is 8.42 Å². The van der Waals surface area contributed by atoms with Crippen molar-refractivity contribution in [3.63, 3.8) is 0 Å². The maximum Gasteiger partial charge on any atom is 0.443 e. The number of sulfone groups is 1. The first-order valence-corrected chi connectivity index (χ1v) is 8.23. The molecular weight excluding hydrogens is 374 g/mol. The Labute approximate surface area is 128 Å². The van der Waals surface area contributed by atoms with Gasteiger partial charge >= 0.3 is 20.5 Å². The molecule has 0 saturated heterocycles. The molecule has 0 unspecified atom stereocenters. The van der Waals surface area contributed by atoms with Gasteiger partial charge in [0.15, 0.2) is 5.78 Å². The van der Waals surface area contributed by atoms with Crippen LogP contribution in [0.4, 0.5) is 17.6 Å². The van der Waals surface area contributed by atoms with Crippen molar-refractivity contribution in [1.29, 1.82) is 0 Å².